The van der Waals surface area contributed by atoms with Gasteiger partial charge in [-0.2, -0.15) is 5.10 Å². The Labute approximate surface area is 88.9 Å². The Hall–Kier alpha value is -1.32. The molecule has 1 heterocycles. The molecule has 1 N–H and O–H groups in total. The van der Waals surface area contributed by atoms with E-state index in [1.165, 1.54) is 0 Å². The molecule has 1 aromatic heterocycles. The van der Waals surface area contributed by atoms with Crippen molar-refractivity contribution >= 4 is 5.97 Å². The third kappa shape index (κ3) is 1.76. The summed E-state index contributed by atoms with van der Waals surface area (Å²) in [6.07, 6.45) is 2.91. The number of aromatic carboxylic acids is 1. The highest BCUT2D eigenvalue weighted by Crippen LogP contribution is 2.25. The topological polar surface area (TPSA) is 55.1 Å². The highest BCUT2D eigenvalue weighted by molar-refractivity contribution is 5.87. The maximum absolute atomic E-state index is 11.0. The van der Waals surface area contributed by atoms with Crippen LogP contribution in [0.2, 0.25) is 0 Å². The summed E-state index contributed by atoms with van der Waals surface area (Å²) in [6, 6.07) is 0. The van der Waals surface area contributed by atoms with Crippen LogP contribution in [0.25, 0.3) is 0 Å². The maximum atomic E-state index is 11.0. The third-order valence-electron chi connectivity index (χ3n) is 2.75. The Morgan fingerprint density at radius 3 is 2.87 bits per heavy atom. The molecule has 0 fully saturated rings. The molecule has 0 atom stereocenters. The summed E-state index contributed by atoms with van der Waals surface area (Å²) in [6.45, 7) is 5.04. The van der Waals surface area contributed by atoms with Crippen LogP contribution in [0.4, 0.5) is 0 Å². The van der Waals surface area contributed by atoms with Crippen molar-refractivity contribution in [1.29, 1.82) is 0 Å². The molecule has 4 heteroatoms. The maximum Gasteiger partial charge on any atom is 0.356 e. The van der Waals surface area contributed by atoms with Crippen LogP contribution in [0.1, 0.15) is 42.0 Å². The number of carboxylic acids is 1. The number of hydrogen-bond acceptors (Lipinski definition) is 2. The highest BCUT2D eigenvalue weighted by atomic mass is 16.4. The molecule has 0 aromatic carbocycles. The Morgan fingerprint density at radius 1 is 1.53 bits per heavy atom. The molecule has 0 amide bonds. The van der Waals surface area contributed by atoms with Crippen molar-refractivity contribution in [2.75, 3.05) is 0 Å². The van der Waals surface area contributed by atoms with E-state index in [-0.39, 0.29) is 5.69 Å². The summed E-state index contributed by atoms with van der Waals surface area (Å²) < 4.78 is 1.89. The van der Waals surface area contributed by atoms with E-state index in [0.29, 0.717) is 5.92 Å². The molecular weight excluding hydrogens is 192 g/mol. The summed E-state index contributed by atoms with van der Waals surface area (Å²) in [7, 11) is 0. The first kappa shape index (κ1) is 10.2. The van der Waals surface area contributed by atoms with E-state index >= 15 is 0 Å². The number of carboxylic acid groups (broad SMARTS) is 1. The first-order valence-electron chi connectivity index (χ1n) is 5.41. The van der Waals surface area contributed by atoms with Gasteiger partial charge >= 0.3 is 5.97 Å². The number of fused-ring (bicyclic) bond motifs is 1. The summed E-state index contributed by atoms with van der Waals surface area (Å²) in [5, 5.41) is 13.2. The summed E-state index contributed by atoms with van der Waals surface area (Å²) in [5.41, 5.74) is 2.37. The number of rotatable bonds is 3. The zero-order chi connectivity index (χ0) is 11.0. The van der Waals surface area contributed by atoms with Crippen LogP contribution in [0.5, 0.6) is 0 Å². The average molecular weight is 208 g/mol. The van der Waals surface area contributed by atoms with Gasteiger partial charge in [0.1, 0.15) is 0 Å². The zero-order valence-electron chi connectivity index (χ0n) is 9.16. The van der Waals surface area contributed by atoms with Gasteiger partial charge in [-0.15, -0.1) is 0 Å². The summed E-state index contributed by atoms with van der Waals surface area (Å²) in [5.74, 6) is -0.396. The predicted molar refractivity (Wildman–Crippen MR) is 56.0 cm³/mol. The smallest absolute Gasteiger partial charge is 0.356 e. The van der Waals surface area contributed by atoms with Gasteiger partial charge in [-0.3, -0.25) is 4.68 Å². The van der Waals surface area contributed by atoms with Crippen LogP contribution in [0, 0.1) is 5.92 Å². The first-order valence-corrected chi connectivity index (χ1v) is 5.41. The van der Waals surface area contributed by atoms with Crippen molar-refractivity contribution in [2.45, 2.75) is 39.7 Å². The van der Waals surface area contributed by atoms with E-state index in [0.717, 1.165) is 37.1 Å². The second-order valence-electron chi connectivity index (χ2n) is 4.51. The van der Waals surface area contributed by atoms with Crippen LogP contribution < -0.4 is 0 Å². The van der Waals surface area contributed by atoms with Gasteiger partial charge in [-0.1, -0.05) is 13.8 Å². The first-order chi connectivity index (χ1) is 7.09. The zero-order valence-corrected chi connectivity index (χ0v) is 9.16. The molecule has 1 aromatic rings. The lowest BCUT2D eigenvalue weighted by Crippen LogP contribution is -2.10. The highest BCUT2D eigenvalue weighted by Gasteiger charge is 2.25. The number of hydrogen-bond donors (Lipinski definition) is 1. The van der Waals surface area contributed by atoms with Gasteiger partial charge in [-0.05, 0) is 25.2 Å². The molecule has 0 saturated heterocycles. The number of carbonyl (C=O) groups is 1. The van der Waals surface area contributed by atoms with Gasteiger partial charge in [-0.25, -0.2) is 4.79 Å². The van der Waals surface area contributed by atoms with Gasteiger partial charge in [0.25, 0.3) is 0 Å². The predicted octanol–water partition coefficient (Wildman–Crippen LogP) is 1.73. The Morgan fingerprint density at radius 2 is 2.27 bits per heavy atom. The van der Waals surface area contributed by atoms with E-state index in [1.54, 1.807) is 0 Å². The average Bonchev–Trinajstić information content (AvgIpc) is 2.66. The van der Waals surface area contributed by atoms with Crippen LogP contribution in [0.3, 0.4) is 0 Å². The third-order valence-corrected chi connectivity index (χ3v) is 2.75. The van der Waals surface area contributed by atoms with Crippen molar-refractivity contribution in [3.8, 4) is 0 Å². The monoisotopic (exact) mass is 208 g/mol. The molecule has 0 unspecified atom stereocenters. The Kier molecular flexibility index (Phi) is 2.50. The fraction of sp³-hybridized carbons (Fsp3) is 0.636. The molecule has 2 rings (SSSR count). The molecule has 1 aliphatic carbocycles. The second-order valence-corrected chi connectivity index (χ2v) is 4.51. The molecular formula is C11H16N2O2. The van der Waals surface area contributed by atoms with Crippen LogP contribution in [-0.4, -0.2) is 20.9 Å². The van der Waals surface area contributed by atoms with E-state index in [4.69, 9.17) is 5.11 Å². The van der Waals surface area contributed by atoms with Crippen LogP contribution in [-0.2, 0) is 19.4 Å². The van der Waals surface area contributed by atoms with Gasteiger partial charge < -0.3 is 5.11 Å². The molecule has 0 radical (unpaired) electrons. The molecule has 1 aliphatic rings. The Bertz CT molecular complexity index is 394. The standard InChI is InChI=1S/C11H16N2O2/c1-7(2)6-13-9-5-3-4-8(9)10(12-13)11(14)15/h7H,3-6H2,1-2H3,(H,14,15). The van der Waals surface area contributed by atoms with Crippen molar-refractivity contribution < 1.29 is 9.90 Å². The van der Waals surface area contributed by atoms with Crippen LogP contribution in [0.15, 0.2) is 0 Å². The molecule has 0 aliphatic heterocycles. The van der Waals surface area contributed by atoms with Gasteiger partial charge in [0.15, 0.2) is 5.69 Å². The molecule has 82 valence electrons. The van der Waals surface area contributed by atoms with E-state index in [1.807, 2.05) is 4.68 Å². The summed E-state index contributed by atoms with van der Waals surface area (Å²) in [4.78, 5) is 11.0. The number of aromatic nitrogens is 2. The Balaban J connectivity index is 2.40. The van der Waals surface area contributed by atoms with Crippen molar-refractivity contribution in [3.05, 3.63) is 17.0 Å². The second kappa shape index (κ2) is 3.68. The van der Waals surface area contributed by atoms with Crippen molar-refractivity contribution in [2.24, 2.45) is 5.92 Å². The minimum absolute atomic E-state index is 0.267. The molecule has 0 spiro atoms. The molecule has 0 saturated carbocycles. The molecule has 4 nitrogen and oxygen atoms in total. The fourth-order valence-corrected chi connectivity index (χ4v) is 2.18. The van der Waals surface area contributed by atoms with Gasteiger partial charge in [0.05, 0.1) is 0 Å². The quantitative estimate of drug-likeness (QED) is 0.823. The van der Waals surface area contributed by atoms with Crippen molar-refractivity contribution in [3.63, 3.8) is 0 Å². The van der Waals surface area contributed by atoms with Crippen molar-refractivity contribution in [1.82, 2.24) is 9.78 Å². The fourth-order valence-electron chi connectivity index (χ4n) is 2.18. The minimum Gasteiger partial charge on any atom is -0.476 e. The normalized spacial score (nSPS) is 14.6. The van der Waals surface area contributed by atoms with Gasteiger partial charge in [0.2, 0.25) is 0 Å². The lowest BCUT2D eigenvalue weighted by molar-refractivity contribution is 0.0688. The lowest BCUT2D eigenvalue weighted by atomic mass is 10.2. The molecule has 0 bridgehead atoms. The van der Waals surface area contributed by atoms with Gasteiger partial charge in [0, 0.05) is 17.8 Å². The van der Waals surface area contributed by atoms with E-state index in [2.05, 4.69) is 18.9 Å². The van der Waals surface area contributed by atoms with Crippen LogP contribution >= 0.6 is 0 Å². The summed E-state index contributed by atoms with van der Waals surface area (Å²) >= 11 is 0. The minimum atomic E-state index is -0.893. The SMILES string of the molecule is CC(C)Cn1nc(C(=O)O)c2c1CCC2. The number of nitrogens with zero attached hydrogens (tertiary/aromatic N) is 2. The lowest BCUT2D eigenvalue weighted by Gasteiger charge is -2.07. The van der Waals surface area contributed by atoms with E-state index < -0.39 is 5.97 Å². The van der Waals surface area contributed by atoms with E-state index in [9.17, 15) is 4.79 Å². The largest absolute Gasteiger partial charge is 0.476 e. The molecule has 15 heavy (non-hydrogen) atoms.